The van der Waals surface area contributed by atoms with Gasteiger partial charge in [0.15, 0.2) is 0 Å². The zero-order valence-electron chi connectivity index (χ0n) is 9.47. The van der Waals surface area contributed by atoms with E-state index in [-0.39, 0.29) is 11.9 Å². The molecule has 16 heavy (non-hydrogen) atoms. The van der Waals surface area contributed by atoms with Crippen LogP contribution in [0.2, 0.25) is 0 Å². The molecule has 1 heterocycles. The van der Waals surface area contributed by atoms with Crippen molar-refractivity contribution < 1.29 is 9.90 Å². The molecule has 2 unspecified atom stereocenters. The fourth-order valence-corrected chi connectivity index (χ4v) is 1.29. The summed E-state index contributed by atoms with van der Waals surface area (Å²) in [5.41, 5.74) is 0. The molecular formula is C11H17N3O2. The average Bonchev–Trinajstić information content (AvgIpc) is 2.25. The number of rotatable bonds is 5. The lowest BCUT2D eigenvalue weighted by Crippen LogP contribution is -2.45. The minimum atomic E-state index is -0.611. The van der Waals surface area contributed by atoms with Crippen molar-refractivity contribution in [3.63, 3.8) is 0 Å². The van der Waals surface area contributed by atoms with Crippen LogP contribution in [-0.2, 0) is 4.79 Å². The Morgan fingerprint density at radius 1 is 1.56 bits per heavy atom. The molecule has 1 rings (SSSR count). The van der Waals surface area contributed by atoms with E-state index in [0.717, 1.165) is 5.82 Å². The number of aliphatic hydroxyl groups is 1. The van der Waals surface area contributed by atoms with Gasteiger partial charge in [0, 0.05) is 19.7 Å². The summed E-state index contributed by atoms with van der Waals surface area (Å²) in [6, 6.07) is 5.20. The van der Waals surface area contributed by atoms with Crippen molar-refractivity contribution in [3.05, 3.63) is 24.4 Å². The summed E-state index contributed by atoms with van der Waals surface area (Å²) < 4.78 is 0. The van der Waals surface area contributed by atoms with Crippen LogP contribution in [0.15, 0.2) is 24.4 Å². The third-order valence-electron chi connectivity index (χ3n) is 2.14. The Morgan fingerprint density at radius 3 is 2.81 bits per heavy atom. The van der Waals surface area contributed by atoms with E-state index in [4.69, 9.17) is 0 Å². The summed E-state index contributed by atoms with van der Waals surface area (Å²) >= 11 is 0. The summed E-state index contributed by atoms with van der Waals surface area (Å²) in [4.78, 5) is 15.0. The van der Waals surface area contributed by atoms with Crippen molar-refractivity contribution >= 4 is 11.7 Å². The quantitative estimate of drug-likeness (QED) is 0.674. The molecule has 0 fully saturated rings. The first kappa shape index (κ1) is 12.4. The van der Waals surface area contributed by atoms with Crippen LogP contribution in [0, 0.1) is 0 Å². The van der Waals surface area contributed by atoms with Gasteiger partial charge in [0.25, 0.3) is 0 Å². The fraction of sp³-hybridized carbons (Fsp3) is 0.455. The number of aliphatic hydroxyl groups excluding tert-OH is 1. The number of amides is 1. The average molecular weight is 223 g/mol. The number of nitrogens with one attached hydrogen (secondary N) is 2. The fourth-order valence-electron chi connectivity index (χ4n) is 1.29. The maximum absolute atomic E-state index is 10.9. The Bertz CT molecular complexity index is 327. The second kappa shape index (κ2) is 6.07. The van der Waals surface area contributed by atoms with Crippen molar-refractivity contribution in [2.24, 2.45) is 0 Å². The van der Waals surface area contributed by atoms with E-state index in [1.165, 1.54) is 6.92 Å². The Balaban J connectivity index is 2.47. The molecule has 0 radical (unpaired) electrons. The molecule has 0 aliphatic carbocycles. The van der Waals surface area contributed by atoms with E-state index in [9.17, 15) is 9.90 Å². The first-order valence-corrected chi connectivity index (χ1v) is 5.19. The topological polar surface area (TPSA) is 74.2 Å². The van der Waals surface area contributed by atoms with Gasteiger partial charge < -0.3 is 15.7 Å². The number of nitrogens with zero attached hydrogens (tertiary/aromatic N) is 1. The van der Waals surface area contributed by atoms with Crippen molar-refractivity contribution in [2.75, 3.05) is 11.9 Å². The van der Waals surface area contributed by atoms with Gasteiger partial charge in [-0.15, -0.1) is 0 Å². The first-order chi connectivity index (χ1) is 7.59. The summed E-state index contributed by atoms with van der Waals surface area (Å²) in [7, 11) is 0. The normalized spacial score (nSPS) is 13.9. The highest BCUT2D eigenvalue weighted by molar-refractivity contribution is 5.73. The van der Waals surface area contributed by atoms with Crippen LogP contribution in [0.4, 0.5) is 5.82 Å². The minimum absolute atomic E-state index is 0.159. The van der Waals surface area contributed by atoms with Gasteiger partial charge in [0.1, 0.15) is 5.82 Å². The van der Waals surface area contributed by atoms with Gasteiger partial charge in [0.2, 0.25) is 5.91 Å². The number of pyridine rings is 1. The Hall–Kier alpha value is -1.62. The van der Waals surface area contributed by atoms with Gasteiger partial charge in [-0.3, -0.25) is 4.79 Å². The predicted molar refractivity (Wildman–Crippen MR) is 62.0 cm³/mol. The smallest absolute Gasteiger partial charge is 0.217 e. The van der Waals surface area contributed by atoms with Crippen LogP contribution < -0.4 is 10.6 Å². The monoisotopic (exact) mass is 223 g/mol. The number of hydrogen-bond acceptors (Lipinski definition) is 4. The number of aromatic nitrogens is 1. The standard InChI is InChI=1S/C11H17N3O2/c1-8(15)10(14-9(2)16)7-13-11-5-3-4-6-12-11/h3-6,8,10,15H,7H2,1-2H3,(H,12,13)(H,14,16). The highest BCUT2D eigenvalue weighted by atomic mass is 16.3. The summed E-state index contributed by atoms with van der Waals surface area (Å²) in [5, 5.41) is 15.2. The lowest BCUT2D eigenvalue weighted by atomic mass is 10.2. The SMILES string of the molecule is CC(=O)NC(CNc1ccccn1)C(C)O. The molecule has 3 N–H and O–H groups in total. The Labute approximate surface area is 94.9 Å². The van der Waals surface area contributed by atoms with Crippen molar-refractivity contribution in [1.82, 2.24) is 10.3 Å². The van der Waals surface area contributed by atoms with Gasteiger partial charge in [-0.1, -0.05) is 6.07 Å². The van der Waals surface area contributed by atoms with Crippen molar-refractivity contribution in [2.45, 2.75) is 26.0 Å². The van der Waals surface area contributed by atoms with Crippen LogP contribution in [0.3, 0.4) is 0 Å². The second-order valence-corrected chi connectivity index (χ2v) is 3.64. The molecule has 5 heteroatoms. The van der Waals surface area contributed by atoms with Crippen LogP contribution >= 0.6 is 0 Å². The van der Waals surface area contributed by atoms with E-state index >= 15 is 0 Å². The molecule has 0 saturated heterocycles. The van der Waals surface area contributed by atoms with E-state index in [0.29, 0.717) is 6.54 Å². The first-order valence-electron chi connectivity index (χ1n) is 5.19. The van der Waals surface area contributed by atoms with Gasteiger partial charge in [0.05, 0.1) is 12.1 Å². The molecule has 0 aliphatic heterocycles. The second-order valence-electron chi connectivity index (χ2n) is 3.64. The number of carbonyl (C=O) groups is 1. The molecule has 2 atom stereocenters. The maximum atomic E-state index is 10.9. The van der Waals surface area contributed by atoms with Crippen LogP contribution in [0.25, 0.3) is 0 Å². The molecule has 0 bridgehead atoms. The Morgan fingerprint density at radius 2 is 2.31 bits per heavy atom. The third-order valence-corrected chi connectivity index (χ3v) is 2.14. The van der Waals surface area contributed by atoms with Gasteiger partial charge >= 0.3 is 0 Å². The molecule has 1 aromatic rings. The van der Waals surface area contributed by atoms with Gasteiger partial charge in [-0.25, -0.2) is 4.98 Å². The lowest BCUT2D eigenvalue weighted by Gasteiger charge is -2.21. The van der Waals surface area contributed by atoms with Crippen LogP contribution in [0.5, 0.6) is 0 Å². The molecule has 0 spiro atoms. The Kier molecular flexibility index (Phi) is 4.72. The highest BCUT2D eigenvalue weighted by Gasteiger charge is 2.15. The van der Waals surface area contributed by atoms with E-state index in [1.54, 1.807) is 13.1 Å². The van der Waals surface area contributed by atoms with Crippen LogP contribution in [0.1, 0.15) is 13.8 Å². The number of carbonyl (C=O) groups excluding carboxylic acids is 1. The summed E-state index contributed by atoms with van der Waals surface area (Å²) in [6.07, 6.45) is 1.07. The molecule has 5 nitrogen and oxygen atoms in total. The molecular weight excluding hydrogens is 206 g/mol. The maximum Gasteiger partial charge on any atom is 0.217 e. The molecule has 0 aromatic carbocycles. The number of anilines is 1. The zero-order chi connectivity index (χ0) is 12.0. The summed E-state index contributed by atoms with van der Waals surface area (Å²) in [6.45, 7) is 3.51. The molecule has 1 amide bonds. The minimum Gasteiger partial charge on any atom is -0.391 e. The van der Waals surface area contributed by atoms with Crippen molar-refractivity contribution in [3.8, 4) is 0 Å². The van der Waals surface area contributed by atoms with Gasteiger partial charge in [-0.2, -0.15) is 0 Å². The van der Waals surface area contributed by atoms with Gasteiger partial charge in [-0.05, 0) is 19.1 Å². The molecule has 0 aliphatic rings. The van der Waals surface area contributed by atoms with Crippen molar-refractivity contribution in [1.29, 1.82) is 0 Å². The predicted octanol–water partition coefficient (Wildman–Crippen LogP) is 0.379. The largest absolute Gasteiger partial charge is 0.391 e. The van der Waals surface area contributed by atoms with E-state index in [2.05, 4.69) is 15.6 Å². The third kappa shape index (κ3) is 4.27. The van der Waals surface area contributed by atoms with E-state index < -0.39 is 6.10 Å². The summed E-state index contributed by atoms with van der Waals surface area (Å²) in [5.74, 6) is 0.562. The van der Waals surface area contributed by atoms with Crippen LogP contribution in [-0.4, -0.2) is 34.7 Å². The van der Waals surface area contributed by atoms with E-state index in [1.807, 2.05) is 18.2 Å². The molecule has 0 saturated carbocycles. The molecule has 1 aromatic heterocycles. The highest BCUT2D eigenvalue weighted by Crippen LogP contribution is 2.01. The number of hydrogen-bond donors (Lipinski definition) is 3. The molecule has 88 valence electrons. The zero-order valence-corrected chi connectivity index (χ0v) is 9.47. The lowest BCUT2D eigenvalue weighted by molar-refractivity contribution is -0.120.